The maximum Gasteiger partial charge on any atom is 0.263 e. The number of benzene rings is 1. The number of aliphatic hydroxyl groups is 1. The third-order valence-electron chi connectivity index (χ3n) is 3.63. The summed E-state index contributed by atoms with van der Waals surface area (Å²) in [6.45, 7) is 4.53. The normalized spacial score (nSPS) is 19.5. The first kappa shape index (κ1) is 14.8. The van der Waals surface area contributed by atoms with E-state index < -0.39 is 11.7 Å². The Labute approximate surface area is 118 Å². The molecule has 1 unspecified atom stereocenters. The molecule has 1 atom stereocenters. The molecule has 1 aromatic rings. The van der Waals surface area contributed by atoms with Crippen LogP contribution in [0.4, 0.5) is 4.39 Å². The Morgan fingerprint density at radius 2 is 1.90 bits per heavy atom. The van der Waals surface area contributed by atoms with Gasteiger partial charge in [-0.3, -0.25) is 4.79 Å². The van der Waals surface area contributed by atoms with E-state index in [0.29, 0.717) is 31.7 Å². The van der Waals surface area contributed by atoms with Crippen molar-refractivity contribution in [3.05, 3.63) is 30.1 Å². The molecule has 1 aromatic carbocycles. The highest BCUT2D eigenvalue weighted by Crippen LogP contribution is 2.22. The van der Waals surface area contributed by atoms with Crippen molar-refractivity contribution >= 4 is 5.91 Å². The summed E-state index contributed by atoms with van der Waals surface area (Å²) in [7, 11) is 0. The Morgan fingerprint density at radius 1 is 1.35 bits per heavy atom. The lowest BCUT2D eigenvalue weighted by Gasteiger charge is -2.36. The molecule has 1 aliphatic heterocycles. The Morgan fingerprint density at radius 3 is 2.45 bits per heavy atom. The molecule has 0 aromatic heterocycles. The Hall–Kier alpha value is -1.62. The van der Waals surface area contributed by atoms with Crippen LogP contribution in [-0.2, 0) is 4.79 Å². The summed E-state index contributed by atoms with van der Waals surface area (Å²) < 4.78 is 18.3. The number of nitrogens with zero attached hydrogens (tertiary/aromatic N) is 1. The lowest BCUT2D eigenvalue weighted by Crippen LogP contribution is -2.49. The highest BCUT2D eigenvalue weighted by molar-refractivity contribution is 5.81. The van der Waals surface area contributed by atoms with E-state index in [-0.39, 0.29) is 11.7 Å². The number of ether oxygens (including phenoxy) is 1. The topological polar surface area (TPSA) is 49.8 Å². The summed E-state index contributed by atoms with van der Waals surface area (Å²) in [4.78, 5) is 13.9. The molecular formula is C15H20FNO3. The number of carbonyl (C=O) groups is 1. The summed E-state index contributed by atoms with van der Waals surface area (Å²) in [5, 5.41) is 9.87. The summed E-state index contributed by atoms with van der Waals surface area (Å²) in [6.07, 6.45) is 0.521. The Balaban J connectivity index is 1.90. The minimum Gasteiger partial charge on any atom is -0.481 e. The fourth-order valence-electron chi connectivity index (χ4n) is 2.23. The fourth-order valence-corrected chi connectivity index (χ4v) is 2.23. The van der Waals surface area contributed by atoms with Gasteiger partial charge < -0.3 is 14.7 Å². The molecule has 1 aliphatic rings. The van der Waals surface area contributed by atoms with E-state index in [1.807, 2.05) is 0 Å². The first-order valence-corrected chi connectivity index (χ1v) is 6.81. The van der Waals surface area contributed by atoms with Gasteiger partial charge in [0.2, 0.25) is 0 Å². The van der Waals surface area contributed by atoms with Crippen molar-refractivity contribution in [1.82, 2.24) is 4.90 Å². The number of hydrogen-bond acceptors (Lipinski definition) is 3. The first-order valence-electron chi connectivity index (χ1n) is 6.81. The zero-order valence-electron chi connectivity index (χ0n) is 11.8. The monoisotopic (exact) mass is 281 g/mol. The quantitative estimate of drug-likeness (QED) is 0.921. The van der Waals surface area contributed by atoms with Crippen molar-refractivity contribution in [1.29, 1.82) is 0 Å². The van der Waals surface area contributed by atoms with Crippen LogP contribution in [0.25, 0.3) is 0 Å². The third kappa shape index (κ3) is 3.70. The largest absolute Gasteiger partial charge is 0.481 e. The fraction of sp³-hybridized carbons (Fsp3) is 0.533. The van der Waals surface area contributed by atoms with Gasteiger partial charge in [0.15, 0.2) is 6.10 Å². The summed E-state index contributed by atoms with van der Waals surface area (Å²) in [6, 6.07) is 5.59. The number of likely N-dealkylation sites (tertiary alicyclic amines) is 1. The van der Waals surface area contributed by atoms with Crippen molar-refractivity contribution in [2.45, 2.75) is 38.4 Å². The van der Waals surface area contributed by atoms with Crippen molar-refractivity contribution in [2.24, 2.45) is 0 Å². The van der Waals surface area contributed by atoms with Gasteiger partial charge in [0.25, 0.3) is 5.91 Å². The summed E-state index contributed by atoms with van der Waals surface area (Å²) in [5.74, 6) is 0.0238. The second-order valence-electron chi connectivity index (χ2n) is 5.54. The molecule has 0 spiro atoms. The first-order chi connectivity index (χ1) is 9.37. The molecule has 1 amide bonds. The molecule has 1 saturated heterocycles. The van der Waals surface area contributed by atoms with Crippen molar-refractivity contribution in [3.63, 3.8) is 0 Å². The van der Waals surface area contributed by atoms with Crippen LogP contribution >= 0.6 is 0 Å². The molecule has 5 heteroatoms. The average molecular weight is 281 g/mol. The maximum atomic E-state index is 12.8. The van der Waals surface area contributed by atoms with Gasteiger partial charge in [-0.25, -0.2) is 4.39 Å². The average Bonchev–Trinajstić information content (AvgIpc) is 2.40. The number of piperidine rings is 1. The van der Waals surface area contributed by atoms with Gasteiger partial charge in [-0.05, 0) is 51.0 Å². The SMILES string of the molecule is CC(Oc1ccc(F)cc1)C(=O)N1CCC(C)(O)CC1. The smallest absolute Gasteiger partial charge is 0.263 e. The standard InChI is InChI=1S/C15H20FNO3/c1-11(20-13-5-3-12(16)4-6-13)14(18)17-9-7-15(2,19)8-10-17/h3-6,11,19H,7-10H2,1-2H3. The minimum atomic E-state index is -0.683. The number of halogens is 1. The van der Waals surface area contributed by atoms with E-state index in [4.69, 9.17) is 4.74 Å². The highest BCUT2D eigenvalue weighted by Gasteiger charge is 2.31. The lowest BCUT2D eigenvalue weighted by atomic mass is 9.93. The molecule has 2 rings (SSSR count). The lowest BCUT2D eigenvalue weighted by molar-refractivity contribution is -0.141. The second-order valence-corrected chi connectivity index (χ2v) is 5.54. The van der Waals surface area contributed by atoms with E-state index in [1.165, 1.54) is 24.3 Å². The molecule has 1 N–H and O–H groups in total. The van der Waals surface area contributed by atoms with Gasteiger partial charge >= 0.3 is 0 Å². The number of carbonyl (C=O) groups excluding carboxylic acids is 1. The van der Waals surface area contributed by atoms with Crippen LogP contribution in [0.15, 0.2) is 24.3 Å². The molecule has 1 fully saturated rings. The second kappa shape index (κ2) is 5.79. The van der Waals surface area contributed by atoms with Crippen molar-refractivity contribution in [2.75, 3.05) is 13.1 Å². The van der Waals surface area contributed by atoms with Gasteiger partial charge in [-0.15, -0.1) is 0 Å². The van der Waals surface area contributed by atoms with Crippen molar-refractivity contribution < 1.29 is 19.0 Å². The minimum absolute atomic E-state index is 0.107. The molecule has 0 radical (unpaired) electrons. The van der Waals surface area contributed by atoms with Gasteiger partial charge in [-0.1, -0.05) is 0 Å². The predicted molar refractivity (Wildman–Crippen MR) is 72.9 cm³/mol. The van der Waals surface area contributed by atoms with Crippen LogP contribution in [-0.4, -0.2) is 40.7 Å². The Kier molecular flexibility index (Phi) is 4.28. The van der Waals surface area contributed by atoms with Crippen molar-refractivity contribution in [3.8, 4) is 5.75 Å². The van der Waals surface area contributed by atoms with Crippen LogP contribution in [0.2, 0.25) is 0 Å². The van der Waals surface area contributed by atoms with Crippen LogP contribution in [0.1, 0.15) is 26.7 Å². The van der Waals surface area contributed by atoms with Crippen LogP contribution < -0.4 is 4.74 Å². The molecular weight excluding hydrogens is 261 g/mol. The van der Waals surface area contributed by atoms with Crippen LogP contribution in [0, 0.1) is 5.82 Å². The van der Waals surface area contributed by atoms with E-state index >= 15 is 0 Å². The zero-order chi connectivity index (χ0) is 14.8. The molecule has 110 valence electrons. The Bertz CT molecular complexity index is 463. The highest BCUT2D eigenvalue weighted by atomic mass is 19.1. The van der Waals surface area contributed by atoms with Crippen LogP contribution in [0.5, 0.6) is 5.75 Å². The summed E-state index contributed by atoms with van der Waals surface area (Å²) in [5.41, 5.74) is -0.683. The summed E-state index contributed by atoms with van der Waals surface area (Å²) >= 11 is 0. The molecule has 4 nitrogen and oxygen atoms in total. The number of amides is 1. The van der Waals surface area contributed by atoms with Gasteiger partial charge in [0.05, 0.1) is 5.60 Å². The number of hydrogen-bond donors (Lipinski definition) is 1. The van der Waals surface area contributed by atoms with E-state index in [2.05, 4.69) is 0 Å². The van der Waals surface area contributed by atoms with Crippen LogP contribution in [0.3, 0.4) is 0 Å². The number of rotatable bonds is 3. The van der Waals surface area contributed by atoms with E-state index in [1.54, 1.807) is 18.7 Å². The molecule has 1 heterocycles. The van der Waals surface area contributed by atoms with E-state index in [0.717, 1.165) is 0 Å². The van der Waals surface area contributed by atoms with Gasteiger partial charge in [-0.2, -0.15) is 0 Å². The maximum absolute atomic E-state index is 12.8. The van der Waals surface area contributed by atoms with E-state index in [9.17, 15) is 14.3 Å². The van der Waals surface area contributed by atoms with Gasteiger partial charge in [0, 0.05) is 13.1 Å². The zero-order valence-corrected chi connectivity index (χ0v) is 11.8. The molecule has 0 saturated carbocycles. The molecule has 20 heavy (non-hydrogen) atoms. The third-order valence-corrected chi connectivity index (χ3v) is 3.63. The molecule has 0 aliphatic carbocycles. The van der Waals surface area contributed by atoms with Gasteiger partial charge in [0.1, 0.15) is 11.6 Å². The predicted octanol–water partition coefficient (Wildman–Crippen LogP) is 1.97. The molecule has 0 bridgehead atoms.